The summed E-state index contributed by atoms with van der Waals surface area (Å²) in [5, 5.41) is 3.41. The molecule has 0 bridgehead atoms. The van der Waals surface area contributed by atoms with Crippen molar-refractivity contribution >= 4 is 17.5 Å². The Morgan fingerprint density at radius 1 is 0.923 bits per heavy atom. The van der Waals surface area contributed by atoms with E-state index in [9.17, 15) is 0 Å². The van der Waals surface area contributed by atoms with Gasteiger partial charge < -0.3 is 10.2 Å². The third kappa shape index (κ3) is 5.06. The Bertz CT molecular complexity index is 788. The van der Waals surface area contributed by atoms with Crippen LogP contribution in [0, 0.1) is 5.92 Å². The van der Waals surface area contributed by atoms with Gasteiger partial charge in [-0.1, -0.05) is 62.4 Å². The monoisotopic (exact) mass is 346 g/mol. The van der Waals surface area contributed by atoms with Crippen LogP contribution in [-0.2, 0) is 6.54 Å². The van der Waals surface area contributed by atoms with Crippen LogP contribution in [0.5, 0.6) is 0 Å². The topological polar surface area (TPSA) is 41.1 Å². The number of anilines is 3. The lowest BCUT2D eigenvalue weighted by atomic mass is 10.1. The van der Waals surface area contributed by atoms with Crippen molar-refractivity contribution in [1.29, 1.82) is 0 Å². The molecule has 1 aromatic heterocycles. The van der Waals surface area contributed by atoms with Crippen molar-refractivity contribution in [3.63, 3.8) is 0 Å². The average Bonchev–Trinajstić information content (AvgIpc) is 2.67. The van der Waals surface area contributed by atoms with E-state index in [0.29, 0.717) is 11.9 Å². The van der Waals surface area contributed by atoms with E-state index in [1.165, 1.54) is 5.56 Å². The van der Waals surface area contributed by atoms with Crippen molar-refractivity contribution in [2.24, 2.45) is 5.92 Å². The van der Waals surface area contributed by atoms with Crippen LogP contribution >= 0.6 is 0 Å². The predicted molar refractivity (Wildman–Crippen MR) is 109 cm³/mol. The Morgan fingerprint density at radius 3 is 2.31 bits per heavy atom. The second-order valence-corrected chi connectivity index (χ2v) is 6.76. The molecule has 1 N–H and O–H groups in total. The quantitative estimate of drug-likeness (QED) is 0.603. The number of nitrogens with one attached hydrogen (secondary N) is 1. The van der Waals surface area contributed by atoms with Gasteiger partial charge in [-0.2, -0.15) is 4.98 Å². The Kier molecular flexibility index (Phi) is 6.20. The molecule has 1 heterocycles. The molecule has 26 heavy (non-hydrogen) atoms. The van der Waals surface area contributed by atoms with Crippen LogP contribution in [0.4, 0.5) is 17.5 Å². The van der Waals surface area contributed by atoms with Crippen LogP contribution < -0.4 is 10.2 Å². The standard InChI is InChI=1S/C22H26N4/c1-18(2)13-15-23-21-14-16-24-22(25-21)26(20-11-7-4-8-12-20)17-19-9-5-3-6-10-19/h3-12,14,16,18H,13,15,17H2,1-2H3,(H,23,24,25). The zero-order valence-electron chi connectivity index (χ0n) is 15.5. The molecule has 0 fully saturated rings. The lowest BCUT2D eigenvalue weighted by Gasteiger charge is -2.23. The van der Waals surface area contributed by atoms with Gasteiger partial charge in [-0.3, -0.25) is 0 Å². The second-order valence-electron chi connectivity index (χ2n) is 6.76. The van der Waals surface area contributed by atoms with Gasteiger partial charge in [0.1, 0.15) is 5.82 Å². The molecule has 0 spiro atoms. The predicted octanol–water partition coefficient (Wildman–Crippen LogP) is 5.27. The number of benzene rings is 2. The highest BCUT2D eigenvalue weighted by molar-refractivity contribution is 5.58. The first-order chi connectivity index (χ1) is 12.7. The smallest absolute Gasteiger partial charge is 0.232 e. The van der Waals surface area contributed by atoms with Crippen molar-refractivity contribution in [3.8, 4) is 0 Å². The molecular formula is C22H26N4. The lowest BCUT2D eigenvalue weighted by Crippen LogP contribution is -2.19. The molecule has 0 saturated heterocycles. The molecule has 3 rings (SSSR count). The maximum Gasteiger partial charge on any atom is 0.232 e. The highest BCUT2D eigenvalue weighted by atomic mass is 15.3. The zero-order chi connectivity index (χ0) is 18.2. The SMILES string of the molecule is CC(C)CCNc1ccnc(N(Cc2ccccc2)c2ccccc2)n1. The first-order valence-corrected chi connectivity index (χ1v) is 9.16. The maximum absolute atomic E-state index is 4.75. The van der Waals surface area contributed by atoms with Gasteiger partial charge in [-0.25, -0.2) is 4.98 Å². The fourth-order valence-corrected chi connectivity index (χ4v) is 2.72. The van der Waals surface area contributed by atoms with E-state index in [4.69, 9.17) is 4.98 Å². The van der Waals surface area contributed by atoms with Crippen LogP contribution in [-0.4, -0.2) is 16.5 Å². The number of rotatable bonds is 8. The molecule has 0 amide bonds. The van der Waals surface area contributed by atoms with Crippen molar-refractivity contribution in [3.05, 3.63) is 78.5 Å². The first-order valence-electron chi connectivity index (χ1n) is 9.16. The third-order valence-electron chi connectivity index (χ3n) is 4.16. The Balaban J connectivity index is 1.84. The molecule has 4 nitrogen and oxygen atoms in total. The Morgan fingerprint density at radius 2 is 1.62 bits per heavy atom. The van der Waals surface area contributed by atoms with Crippen LogP contribution in [0.25, 0.3) is 0 Å². The van der Waals surface area contributed by atoms with Gasteiger partial charge in [0.25, 0.3) is 0 Å². The summed E-state index contributed by atoms with van der Waals surface area (Å²) in [5.41, 5.74) is 2.30. The highest BCUT2D eigenvalue weighted by Gasteiger charge is 2.13. The molecule has 3 aromatic rings. The van der Waals surface area contributed by atoms with Gasteiger partial charge in [0, 0.05) is 18.4 Å². The van der Waals surface area contributed by atoms with Crippen LogP contribution in [0.2, 0.25) is 0 Å². The minimum Gasteiger partial charge on any atom is -0.370 e. The fourth-order valence-electron chi connectivity index (χ4n) is 2.72. The van der Waals surface area contributed by atoms with E-state index in [1.807, 2.05) is 36.5 Å². The van der Waals surface area contributed by atoms with Gasteiger partial charge >= 0.3 is 0 Å². The number of nitrogens with zero attached hydrogens (tertiary/aromatic N) is 3. The Labute approximate surface area is 155 Å². The number of hydrogen-bond acceptors (Lipinski definition) is 4. The second kappa shape index (κ2) is 8.99. The number of para-hydroxylation sites is 1. The summed E-state index contributed by atoms with van der Waals surface area (Å²) < 4.78 is 0. The first kappa shape index (κ1) is 17.9. The third-order valence-corrected chi connectivity index (χ3v) is 4.16. The van der Waals surface area contributed by atoms with Gasteiger partial charge in [-0.05, 0) is 36.1 Å². The summed E-state index contributed by atoms with van der Waals surface area (Å²) in [7, 11) is 0. The van der Waals surface area contributed by atoms with Crippen molar-refractivity contribution < 1.29 is 0 Å². The molecule has 0 saturated carbocycles. The van der Waals surface area contributed by atoms with Gasteiger partial charge in [0.05, 0.1) is 6.54 Å². The molecule has 0 aliphatic carbocycles. The molecule has 0 radical (unpaired) electrons. The highest BCUT2D eigenvalue weighted by Crippen LogP contribution is 2.25. The summed E-state index contributed by atoms with van der Waals surface area (Å²) in [4.78, 5) is 11.4. The van der Waals surface area contributed by atoms with Gasteiger partial charge in [-0.15, -0.1) is 0 Å². The molecule has 0 unspecified atom stereocenters. The minimum atomic E-state index is 0.669. The number of hydrogen-bond donors (Lipinski definition) is 1. The summed E-state index contributed by atoms with van der Waals surface area (Å²) in [6.45, 7) is 6.09. The van der Waals surface area contributed by atoms with Crippen molar-refractivity contribution in [1.82, 2.24) is 9.97 Å². The average molecular weight is 346 g/mol. The van der Waals surface area contributed by atoms with Crippen molar-refractivity contribution in [2.75, 3.05) is 16.8 Å². The maximum atomic E-state index is 4.75. The molecule has 2 aromatic carbocycles. The summed E-state index contributed by atoms with van der Waals surface area (Å²) >= 11 is 0. The summed E-state index contributed by atoms with van der Waals surface area (Å²) in [5.74, 6) is 2.24. The molecular weight excluding hydrogens is 320 g/mol. The largest absolute Gasteiger partial charge is 0.370 e. The van der Waals surface area contributed by atoms with Gasteiger partial charge in [0.15, 0.2) is 0 Å². The minimum absolute atomic E-state index is 0.669. The molecule has 0 aliphatic rings. The normalized spacial score (nSPS) is 10.7. The van der Waals surface area contributed by atoms with Crippen LogP contribution in [0.3, 0.4) is 0 Å². The Hall–Kier alpha value is -2.88. The lowest BCUT2D eigenvalue weighted by molar-refractivity contribution is 0.606. The molecule has 4 heteroatoms. The number of aromatic nitrogens is 2. The van der Waals surface area contributed by atoms with E-state index in [1.54, 1.807) is 0 Å². The molecule has 0 aliphatic heterocycles. The van der Waals surface area contributed by atoms with Crippen LogP contribution in [0.15, 0.2) is 72.9 Å². The summed E-state index contributed by atoms with van der Waals surface area (Å²) in [6.07, 6.45) is 2.94. The van der Waals surface area contributed by atoms with Gasteiger partial charge in [0.2, 0.25) is 5.95 Å². The zero-order valence-corrected chi connectivity index (χ0v) is 15.5. The van der Waals surface area contributed by atoms with E-state index < -0.39 is 0 Å². The van der Waals surface area contributed by atoms with Crippen LogP contribution in [0.1, 0.15) is 25.8 Å². The summed E-state index contributed by atoms with van der Waals surface area (Å²) in [6, 6.07) is 22.6. The van der Waals surface area contributed by atoms with Crippen molar-refractivity contribution in [2.45, 2.75) is 26.8 Å². The molecule has 134 valence electrons. The fraction of sp³-hybridized carbons (Fsp3) is 0.273. The van der Waals surface area contributed by atoms with E-state index in [2.05, 4.69) is 65.4 Å². The molecule has 0 atom stereocenters. The van der Waals surface area contributed by atoms with E-state index in [0.717, 1.165) is 31.0 Å². The van der Waals surface area contributed by atoms with E-state index in [-0.39, 0.29) is 0 Å². The van der Waals surface area contributed by atoms with E-state index >= 15 is 0 Å².